The molecule has 1 N–H and O–H groups in total. The van der Waals surface area contributed by atoms with E-state index in [9.17, 15) is 4.79 Å². The molecule has 1 aromatic carbocycles. The summed E-state index contributed by atoms with van der Waals surface area (Å²) in [6, 6.07) is 13.9. The minimum Gasteiger partial charge on any atom is -0.352 e. The van der Waals surface area contributed by atoms with Gasteiger partial charge in [0.2, 0.25) is 5.91 Å². The fourth-order valence-corrected chi connectivity index (χ4v) is 2.84. The van der Waals surface area contributed by atoms with Gasteiger partial charge in [0.25, 0.3) is 0 Å². The number of amides is 1. The van der Waals surface area contributed by atoms with Gasteiger partial charge in [0.15, 0.2) is 0 Å². The van der Waals surface area contributed by atoms with E-state index in [2.05, 4.69) is 15.3 Å². The smallest absolute Gasteiger partial charge is 0.217 e. The first-order chi connectivity index (χ1) is 10.7. The van der Waals surface area contributed by atoms with E-state index in [1.807, 2.05) is 47.8 Å². The van der Waals surface area contributed by atoms with Gasteiger partial charge in [0.1, 0.15) is 5.01 Å². The van der Waals surface area contributed by atoms with Crippen LogP contribution in [0, 0.1) is 0 Å². The molecule has 3 aromatic rings. The lowest BCUT2D eigenvalue weighted by Crippen LogP contribution is -2.18. The first-order valence-electron chi connectivity index (χ1n) is 6.93. The second kappa shape index (κ2) is 6.49. The molecule has 0 fully saturated rings. The maximum Gasteiger partial charge on any atom is 0.217 e. The lowest BCUT2D eigenvalue weighted by Gasteiger charge is -2.03. The van der Waals surface area contributed by atoms with Gasteiger partial charge >= 0.3 is 0 Å². The number of carbonyl (C=O) groups excluding carboxylic acids is 1. The van der Waals surface area contributed by atoms with Gasteiger partial charge in [0, 0.05) is 30.6 Å². The number of rotatable bonds is 4. The third-order valence-electron chi connectivity index (χ3n) is 3.18. The molecule has 0 aliphatic carbocycles. The summed E-state index contributed by atoms with van der Waals surface area (Å²) in [5.41, 5.74) is 3.96. The van der Waals surface area contributed by atoms with E-state index >= 15 is 0 Å². The number of benzene rings is 1. The number of nitrogens with one attached hydrogen (secondary N) is 1. The van der Waals surface area contributed by atoms with E-state index in [-0.39, 0.29) is 5.91 Å². The van der Waals surface area contributed by atoms with E-state index in [4.69, 9.17) is 0 Å². The van der Waals surface area contributed by atoms with Crippen molar-refractivity contribution < 1.29 is 4.79 Å². The van der Waals surface area contributed by atoms with Crippen LogP contribution in [0.25, 0.3) is 22.0 Å². The summed E-state index contributed by atoms with van der Waals surface area (Å²) in [5.74, 6) is -0.0245. The molecule has 110 valence electrons. The van der Waals surface area contributed by atoms with Crippen LogP contribution in [-0.4, -0.2) is 15.9 Å². The van der Waals surface area contributed by atoms with Crippen LogP contribution < -0.4 is 5.32 Å². The van der Waals surface area contributed by atoms with Gasteiger partial charge < -0.3 is 5.32 Å². The van der Waals surface area contributed by atoms with Crippen LogP contribution in [0.4, 0.5) is 0 Å². The Kier molecular flexibility index (Phi) is 4.25. The van der Waals surface area contributed by atoms with Crippen LogP contribution in [0.5, 0.6) is 0 Å². The molecule has 2 aromatic heterocycles. The molecule has 1 amide bonds. The monoisotopic (exact) mass is 309 g/mol. The van der Waals surface area contributed by atoms with Crippen LogP contribution in [-0.2, 0) is 11.3 Å². The predicted octanol–water partition coefficient (Wildman–Crippen LogP) is 3.51. The van der Waals surface area contributed by atoms with Crippen LogP contribution in [0.1, 0.15) is 12.5 Å². The number of carbonyl (C=O) groups is 1. The fraction of sp³-hybridized carbons (Fsp3) is 0.118. The Labute approximate surface area is 132 Å². The molecular weight excluding hydrogens is 294 g/mol. The molecular formula is C17H15N3OS. The van der Waals surface area contributed by atoms with Crippen molar-refractivity contribution in [2.75, 3.05) is 0 Å². The van der Waals surface area contributed by atoms with Crippen molar-refractivity contribution in [3.63, 3.8) is 0 Å². The SMILES string of the molecule is CC(=O)NCc1ccc(-c2csc(-c3ccccn3)n2)cc1. The van der Waals surface area contributed by atoms with E-state index in [1.54, 1.807) is 17.5 Å². The quantitative estimate of drug-likeness (QED) is 0.802. The normalized spacial score (nSPS) is 10.4. The van der Waals surface area contributed by atoms with E-state index in [0.29, 0.717) is 6.54 Å². The first kappa shape index (κ1) is 14.4. The summed E-state index contributed by atoms with van der Waals surface area (Å²) in [6.07, 6.45) is 1.77. The Morgan fingerprint density at radius 2 is 1.95 bits per heavy atom. The van der Waals surface area contributed by atoms with Crippen molar-refractivity contribution in [1.82, 2.24) is 15.3 Å². The van der Waals surface area contributed by atoms with Gasteiger partial charge in [-0.25, -0.2) is 4.98 Å². The number of nitrogens with zero attached hydrogens (tertiary/aromatic N) is 2. The maximum atomic E-state index is 10.9. The Balaban J connectivity index is 1.77. The first-order valence-corrected chi connectivity index (χ1v) is 7.81. The summed E-state index contributed by atoms with van der Waals surface area (Å²) >= 11 is 1.59. The van der Waals surface area contributed by atoms with Crippen molar-refractivity contribution in [2.24, 2.45) is 0 Å². The second-order valence-corrected chi connectivity index (χ2v) is 5.72. The third-order valence-corrected chi connectivity index (χ3v) is 4.04. The molecule has 4 nitrogen and oxygen atoms in total. The van der Waals surface area contributed by atoms with E-state index in [0.717, 1.165) is 27.5 Å². The zero-order valence-electron chi connectivity index (χ0n) is 12.1. The summed E-state index contributed by atoms with van der Waals surface area (Å²) < 4.78 is 0. The lowest BCUT2D eigenvalue weighted by atomic mass is 10.1. The largest absolute Gasteiger partial charge is 0.352 e. The molecule has 0 aliphatic rings. The molecule has 0 radical (unpaired) electrons. The van der Waals surface area contributed by atoms with Crippen LogP contribution in [0.2, 0.25) is 0 Å². The summed E-state index contributed by atoms with van der Waals surface area (Å²) in [4.78, 5) is 19.9. The molecule has 2 heterocycles. The van der Waals surface area contributed by atoms with Gasteiger partial charge in [-0.1, -0.05) is 30.3 Å². The van der Waals surface area contributed by atoms with Crippen LogP contribution >= 0.6 is 11.3 Å². The molecule has 0 saturated carbocycles. The van der Waals surface area contributed by atoms with Gasteiger partial charge in [-0.3, -0.25) is 9.78 Å². The predicted molar refractivity (Wildman–Crippen MR) is 88.3 cm³/mol. The highest BCUT2D eigenvalue weighted by Gasteiger charge is 2.07. The Morgan fingerprint density at radius 3 is 2.64 bits per heavy atom. The fourth-order valence-electron chi connectivity index (χ4n) is 2.03. The zero-order chi connectivity index (χ0) is 15.4. The van der Waals surface area contributed by atoms with Gasteiger partial charge in [0.05, 0.1) is 11.4 Å². The second-order valence-electron chi connectivity index (χ2n) is 4.86. The van der Waals surface area contributed by atoms with Crippen molar-refractivity contribution in [3.05, 3.63) is 59.6 Å². The van der Waals surface area contributed by atoms with Crippen LogP contribution in [0.3, 0.4) is 0 Å². The van der Waals surface area contributed by atoms with Crippen molar-refractivity contribution in [1.29, 1.82) is 0 Å². The Morgan fingerprint density at radius 1 is 1.14 bits per heavy atom. The summed E-state index contributed by atoms with van der Waals surface area (Å²) in [7, 11) is 0. The minimum absolute atomic E-state index is 0.0245. The van der Waals surface area contributed by atoms with E-state index in [1.165, 1.54) is 6.92 Å². The third kappa shape index (κ3) is 3.38. The van der Waals surface area contributed by atoms with Gasteiger partial charge in [-0.05, 0) is 17.7 Å². The molecule has 3 rings (SSSR count). The topological polar surface area (TPSA) is 54.9 Å². The zero-order valence-corrected chi connectivity index (χ0v) is 12.9. The van der Waals surface area contributed by atoms with Crippen molar-refractivity contribution in [3.8, 4) is 22.0 Å². The molecule has 0 atom stereocenters. The molecule has 0 bridgehead atoms. The number of hydrogen-bond acceptors (Lipinski definition) is 4. The van der Waals surface area contributed by atoms with Crippen LogP contribution in [0.15, 0.2) is 54.0 Å². The van der Waals surface area contributed by atoms with Gasteiger partial charge in [-0.15, -0.1) is 11.3 Å². The average molecular weight is 309 g/mol. The number of hydrogen-bond donors (Lipinski definition) is 1. The summed E-state index contributed by atoms with van der Waals surface area (Å²) in [6.45, 7) is 2.06. The Hall–Kier alpha value is -2.53. The highest BCUT2D eigenvalue weighted by molar-refractivity contribution is 7.13. The number of pyridine rings is 1. The molecule has 0 spiro atoms. The molecule has 5 heteroatoms. The minimum atomic E-state index is -0.0245. The Bertz CT molecular complexity index is 766. The molecule has 0 unspecified atom stereocenters. The molecule has 22 heavy (non-hydrogen) atoms. The maximum absolute atomic E-state index is 10.9. The molecule has 0 saturated heterocycles. The molecule has 0 aliphatic heterocycles. The highest BCUT2D eigenvalue weighted by atomic mass is 32.1. The average Bonchev–Trinajstić information content (AvgIpc) is 3.04. The standard InChI is InChI=1S/C17H15N3OS/c1-12(21)19-10-13-5-7-14(8-6-13)16-11-22-17(20-16)15-4-2-3-9-18-15/h2-9,11H,10H2,1H3,(H,19,21). The van der Waals surface area contributed by atoms with E-state index < -0.39 is 0 Å². The highest BCUT2D eigenvalue weighted by Crippen LogP contribution is 2.27. The van der Waals surface area contributed by atoms with Crippen molar-refractivity contribution >= 4 is 17.2 Å². The summed E-state index contributed by atoms with van der Waals surface area (Å²) in [5, 5.41) is 5.74. The number of aromatic nitrogens is 2. The number of thiazole rings is 1. The van der Waals surface area contributed by atoms with Gasteiger partial charge in [-0.2, -0.15) is 0 Å². The van der Waals surface area contributed by atoms with Crippen molar-refractivity contribution in [2.45, 2.75) is 13.5 Å². The lowest BCUT2D eigenvalue weighted by molar-refractivity contribution is -0.119.